The fraction of sp³-hybridized carbons (Fsp3) is 0.259. The third-order valence-corrected chi connectivity index (χ3v) is 7.20. The van der Waals surface area contributed by atoms with Crippen molar-refractivity contribution in [3.05, 3.63) is 95.3 Å². The number of aromatic nitrogens is 1. The lowest BCUT2D eigenvalue weighted by atomic mass is 9.63. The minimum absolute atomic E-state index is 0.0204. The lowest BCUT2D eigenvalue weighted by Gasteiger charge is -2.33. The maximum absolute atomic E-state index is 14.0. The number of ether oxygens (including phenoxy) is 1. The fourth-order valence-electron chi connectivity index (χ4n) is 6.05. The highest BCUT2D eigenvalue weighted by Crippen LogP contribution is 2.69. The quantitative estimate of drug-likeness (QED) is 0.581. The predicted octanol–water partition coefficient (Wildman–Crippen LogP) is 3.66. The Hall–Kier alpha value is -3.64. The zero-order valence-corrected chi connectivity index (χ0v) is 18.3. The van der Waals surface area contributed by atoms with Crippen molar-refractivity contribution in [2.45, 2.75) is 31.5 Å². The van der Waals surface area contributed by atoms with Gasteiger partial charge in [-0.3, -0.25) is 19.4 Å². The first-order valence-corrected chi connectivity index (χ1v) is 11.1. The number of hydrogen-bond acceptors (Lipinski definition) is 5. The number of anilines is 1. The molecule has 0 aliphatic carbocycles. The molecule has 33 heavy (non-hydrogen) atoms. The molecule has 3 aliphatic rings. The number of hydrogen-bond donors (Lipinski definition) is 0. The van der Waals surface area contributed by atoms with E-state index in [0.29, 0.717) is 11.4 Å². The van der Waals surface area contributed by atoms with Gasteiger partial charge in [0, 0.05) is 18.2 Å². The molecule has 0 saturated carbocycles. The average Bonchev–Trinajstić information content (AvgIpc) is 3.37. The van der Waals surface area contributed by atoms with Gasteiger partial charge < -0.3 is 4.74 Å². The van der Waals surface area contributed by atoms with Crippen molar-refractivity contribution in [1.29, 1.82) is 0 Å². The zero-order chi connectivity index (χ0) is 23.0. The molecular weight excluding hydrogens is 416 g/mol. The van der Waals surface area contributed by atoms with Gasteiger partial charge in [0.15, 0.2) is 0 Å². The van der Waals surface area contributed by atoms with Crippen LogP contribution in [0.15, 0.2) is 72.9 Å². The maximum atomic E-state index is 14.0. The van der Waals surface area contributed by atoms with E-state index in [1.54, 1.807) is 30.5 Å². The maximum Gasteiger partial charge on any atom is 0.241 e. The standard InChI is InChI=1S/C27H22N2O4/c1-16-10-12-18(13-11-16)27-20-9-6-14-28-23(20)26(33-27,15-17(2)30)21-22(27)25(32)29(24(21)31)19-7-4-3-5-8-19/h3-14,21-22H,15H2,1-2H3/t21-,22+,26+,27+/m0/s1. The summed E-state index contributed by atoms with van der Waals surface area (Å²) < 4.78 is 6.80. The van der Waals surface area contributed by atoms with Crippen LogP contribution in [0.25, 0.3) is 0 Å². The highest BCUT2D eigenvalue weighted by atomic mass is 16.5. The number of rotatable bonds is 4. The van der Waals surface area contributed by atoms with Gasteiger partial charge in [0.2, 0.25) is 11.8 Å². The van der Waals surface area contributed by atoms with Gasteiger partial charge in [-0.05, 0) is 37.6 Å². The van der Waals surface area contributed by atoms with Crippen molar-refractivity contribution >= 4 is 23.3 Å². The number of ketones is 1. The van der Waals surface area contributed by atoms with E-state index in [4.69, 9.17) is 4.74 Å². The smallest absolute Gasteiger partial charge is 0.241 e. The average molecular weight is 438 g/mol. The van der Waals surface area contributed by atoms with E-state index in [0.717, 1.165) is 16.7 Å². The van der Waals surface area contributed by atoms with E-state index in [-0.39, 0.29) is 24.0 Å². The SMILES string of the molecule is CC(=O)C[C@]12O[C@](c3ccc(C)cc3)(c3cccnc31)[C@H]1C(=O)N(c3ccccc3)C(=O)[C@H]12. The van der Waals surface area contributed by atoms with Crippen LogP contribution in [0, 0.1) is 18.8 Å². The summed E-state index contributed by atoms with van der Waals surface area (Å²) >= 11 is 0. The molecule has 6 rings (SSSR count). The third kappa shape index (κ3) is 2.41. The molecule has 2 saturated heterocycles. The van der Waals surface area contributed by atoms with Gasteiger partial charge in [-0.15, -0.1) is 0 Å². The van der Waals surface area contributed by atoms with Crippen molar-refractivity contribution < 1.29 is 19.1 Å². The summed E-state index contributed by atoms with van der Waals surface area (Å²) in [5.74, 6) is -2.40. The molecule has 2 aromatic carbocycles. The van der Waals surface area contributed by atoms with Crippen LogP contribution in [0.3, 0.4) is 0 Å². The van der Waals surface area contributed by atoms with Crippen molar-refractivity contribution in [3.8, 4) is 0 Å². The molecule has 0 unspecified atom stereocenters. The number of fused-ring (bicyclic) bond motifs is 8. The van der Waals surface area contributed by atoms with Crippen molar-refractivity contribution in [3.63, 3.8) is 0 Å². The zero-order valence-electron chi connectivity index (χ0n) is 18.3. The summed E-state index contributed by atoms with van der Waals surface area (Å²) in [7, 11) is 0. The first kappa shape index (κ1) is 20.0. The summed E-state index contributed by atoms with van der Waals surface area (Å²) in [6.07, 6.45) is 1.63. The number of carbonyl (C=O) groups excluding carboxylic acids is 3. The Morgan fingerprint density at radius 3 is 2.36 bits per heavy atom. The van der Waals surface area contributed by atoms with Crippen LogP contribution in [0.1, 0.15) is 35.7 Å². The van der Waals surface area contributed by atoms with E-state index in [9.17, 15) is 14.4 Å². The second kappa shape index (κ2) is 6.68. The van der Waals surface area contributed by atoms with Crippen LogP contribution in [-0.2, 0) is 30.3 Å². The number of imide groups is 1. The minimum atomic E-state index is -1.28. The van der Waals surface area contributed by atoms with E-state index < -0.39 is 23.0 Å². The molecule has 1 aromatic heterocycles. The van der Waals surface area contributed by atoms with Crippen LogP contribution in [0.4, 0.5) is 5.69 Å². The topological polar surface area (TPSA) is 76.6 Å². The van der Waals surface area contributed by atoms with E-state index in [2.05, 4.69) is 4.98 Å². The number of Topliss-reactive ketones (excluding diaryl/α,β-unsaturated/α-hetero) is 1. The van der Waals surface area contributed by atoms with Crippen LogP contribution in [0.2, 0.25) is 0 Å². The lowest BCUT2D eigenvalue weighted by Crippen LogP contribution is -2.43. The number of nitrogens with zero attached hydrogens (tertiary/aromatic N) is 2. The van der Waals surface area contributed by atoms with Gasteiger partial charge in [0.25, 0.3) is 0 Å². The largest absolute Gasteiger partial charge is 0.350 e. The summed E-state index contributed by atoms with van der Waals surface area (Å²) in [5.41, 5.74) is 1.25. The second-order valence-electron chi connectivity index (χ2n) is 9.17. The Morgan fingerprint density at radius 1 is 0.970 bits per heavy atom. The summed E-state index contributed by atoms with van der Waals surface area (Å²) in [6, 6.07) is 20.5. The first-order valence-electron chi connectivity index (χ1n) is 11.1. The number of pyridine rings is 1. The van der Waals surface area contributed by atoms with Crippen LogP contribution < -0.4 is 4.90 Å². The highest BCUT2D eigenvalue weighted by molar-refractivity contribution is 6.23. The summed E-state index contributed by atoms with van der Waals surface area (Å²) in [5, 5.41) is 0. The molecule has 0 spiro atoms. The fourth-order valence-corrected chi connectivity index (χ4v) is 6.05. The second-order valence-corrected chi connectivity index (χ2v) is 9.17. The Bertz CT molecular complexity index is 1320. The minimum Gasteiger partial charge on any atom is -0.350 e. The normalized spacial score (nSPS) is 29.3. The number of benzene rings is 2. The van der Waals surface area contributed by atoms with Crippen LogP contribution in [-0.4, -0.2) is 22.6 Å². The number of amides is 2. The molecule has 2 amide bonds. The van der Waals surface area contributed by atoms with Crippen molar-refractivity contribution in [2.24, 2.45) is 11.8 Å². The molecule has 3 aliphatic heterocycles. The van der Waals surface area contributed by atoms with Gasteiger partial charge >= 0.3 is 0 Å². The monoisotopic (exact) mass is 438 g/mol. The molecule has 4 atom stereocenters. The Balaban J connectivity index is 1.65. The molecule has 164 valence electrons. The Kier molecular flexibility index (Phi) is 4.05. The van der Waals surface area contributed by atoms with E-state index >= 15 is 0 Å². The van der Waals surface area contributed by atoms with Gasteiger partial charge in [-0.1, -0.05) is 54.1 Å². The molecule has 0 N–H and O–H groups in total. The Labute approximate surface area is 191 Å². The lowest BCUT2D eigenvalue weighted by molar-refractivity contribution is -0.140. The number of aryl methyl sites for hydroxylation is 1. The van der Waals surface area contributed by atoms with Gasteiger partial charge in [0.1, 0.15) is 17.0 Å². The molecule has 0 radical (unpaired) electrons. The van der Waals surface area contributed by atoms with Gasteiger partial charge in [0.05, 0.1) is 23.2 Å². The van der Waals surface area contributed by atoms with Crippen LogP contribution in [0.5, 0.6) is 0 Å². The van der Waals surface area contributed by atoms with Gasteiger partial charge in [-0.25, -0.2) is 4.90 Å². The highest BCUT2D eigenvalue weighted by Gasteiger charge is 2.78. The number of carbonyl (C=O) groups is 3. The first-order chi connectivity index (χ1) is 15.9. The third-order valence-electron chi connectivity index (χ3n) is 7.20. The van der Waals surface area contributed by atoms with Crippen LogP contribution >= 0.6 is 0 Å². The molecular formula is C27H22N2O4. The summed E-state index contributed by atoms with van der Waals surface area (Å²) in [4.78, 5) is 46.3. The van der Waals surface area contributed by atoms with E-state index in [1.165, 1.54) is 11.8 Å². The van der Waals surface area contributed by atoms with Gasteiger partial charge in [-0.2, -0.15) is 0 Å². The molecule has 6 nitrogen and oxygen atoms in total. The molecule has 2 fully saturated rings. The molecule has 3 aromatic rings. The van der Waals surface area contributed by atoms with Crippen molar-refractivity contribution in [1.82, 2.24) is 4.98 Å². The molecule has 2 bridgehead atoms. The predicted molar refractivity (Wildman–Crippen MR) is 120 cm³/mol. The van der Waals surface area contributed by atoms with Crippen molar-refractivity contribution in [2.75, 3.05) is 4.90 Å². The Morgan fingerprint density at radius 2 is 1.67 bits per heavy atom. The summed E-state index contributed by atoms with van der Waals surface area (Å²) in [6.45, 7) is 3.47. The number of para-hydroxylation sites is 1. The molecule has 4 heterocycles. The van der Waals surface area contributed by atoms with E-state index in [1.807, 2.05) is 49.4 Å². The molecule has 6 heteroatoms.